The Morgan fingerprint density at radius 2 is 2.00 bits per heavy atom. The van der Waals surface area contributed by atoms with Gasteiger partial charge in [0.15, 0.2) is 0 Å². The summed E-state index contributed by atoms with van der Waals surface area (Å²) in [5.41, 5.74) is 5.35. The van der Waals surface area contributed by atoms with Gasteiger partial charge in [0.2, 0.25) is 10.0 Å². The molecule has 0 fully saturated rings. The predicted octanol–water partition coefficient (Wildman–Crippen LogP) is 1.60. The topological polar surface area (TPSA) is 107 Å². The number of rotatable bonds is 5. The van der Waals surface area contributed by atoms with E-state index in [1.165, 1.54) is 16.4 Å². The Bertz CT molecular complexity index is 584. The van der Waals surface area contributed by atoms with E-state index in [0.29, 0.717) is 0 Å². The predicted molar refractivity (Wildman–Crippen MR) is 72.2 cm³/mol. The first-order chi connectivity index (χ1) is 8.71. The summed E-state index contributed by atoms with van der Waals surface area (Å²) >= 11 is 0. The van der Waals surface area contributed by atoms with E-state index in [9.17, 15) is 18.5 Å². The molecule has 0 radical (unpaired) electrons. The van der Waals surface area contributed by atoms with Crippen LogP contribution in [0.25, 0.3) is 0 Å². The second-order valence-corrected chi connectivity index (χ2v) is 6.14. The van der Waals surface area contributed by atoms with Crippen LogP contribution in [0.3, 0.4) is 0 Å². The molecule has 0 atom stereocenters. The molecule has 0 saturated carbocycles. The number of hydrogen-bond donors (Lipinski definition) is 1. The zero-order valence-corrected chi connectivity index (χ0v) is 11.8. The van der Waals surface area contributed by atoms with Crippen molar-refractivity contribution in [2.45, 2.75) is 31.7 Å². The normalized spacial score (nSPS) is 12.1. The number of nitrogen functional groups attached to an aromatic ring is 1. The molecule has 1 aromatic rings. The van der Waals surface area contributed by atoms with E-state index in [1.54, 1.807) is 20.8 Å². The van der Waals surface area contributed by atoms with E-state index in [1.807, 2.05) is 0 Å². The molecule has 8 heteroatoms. The van der Waals surface area contributed by atoms with Crippen LogP contribution in [0.2, 0.25) is 0 Å². The molecule has 0 aromatic heterocycles. The van der Waals surface area contributed by atoms with Crippen LogP contribution < -0.4 is 5.73 Å². The Labute approximate surface area is 112 Å². The van der Waals surface area contributed by atoms with Gasteiger partial charge in [0.25, 0.3) is 5.69 Å². The first-order valence-electron chi connectivity index (χ1n) is 5.77. The molecule has 0 unspecified atom stereocenters. The highest BCUT2D eigenvalue weighted by atomic mass is 32.2. The summed E-state index contributed by atoms with van der Waals surface area (Å²) in [4.78, 5) is 9.85. The lowest BCUT2D eigenvalue weighted by Gasteiger charge is -2.24. The lowest BCUT2D eigenvalue weighted by Crippen LogP contribution is -2.37. The summed E-state index contributed by atoms with van der Waals surface area (Å²) in [5.74, 6) is 0. The van der Waals surface area contributed by atoms with Gasteiger partial charge in [0.1, 0.15) is 4.90 Å². The summed E-state index contributed by atoms with van der Waals surface area (Å²) in [6, 6.07) is 3.16. The molecule has 0 spiro atoms. The molecule has 7 nitrogen and oxygen atoms in total. The van der Waals surface area contributed by atoms with Crippen LogP contribution >= 0.6 is 0 Å². The van der Waals surface area contributed by atoms with Crippen LogP contribution in [0.4, 0.5) is 11.4 Å². The zero-order chi connectivity index (χ0) is 14.8. The SMILES string of the molecule is CCN(C(C)C)S(=O)(=O)c1cc([N+](=O)[O-])ccc1N. The van der Waals surface area contributed by atoms with Crippen molar-refractivity contribution in [3.05, 3.63) is 28.3 Å². The molecule has 0 amide bonds. The van der Waals surface area contributed by atoms with Gasteiger partial charge in [-0.3, -0.25) is 10.1 Å². The van der Waals surface area contributed by atoms with Crippen molar-refractivity contribution < 1.29 is 13.3 Å². The van der Waals surface area contributed by atoms with Gasteiger partial charge in [-0.25, -0.2) is 8.42 Å². The molecule has 0 aliphatic rings. The van der Waals surface area contributed by atoms with Gasteiger partial charge >= 0.3 is 0 Å². The van der Waals surface area contributed by atoms with Gasteiger partial charge in [-0.15, -0.1) is 0 Å². The molecule has 106 valence electrons. The number of nitrogens with zero attached hydrogens (tertiary/aromatic N) is 2. The number of non-ortho nitro benzene ring substituents is 1. The molecule has 0 aliphatic heterocycles. The highest BCUT2D eigenvalue weighted by Gasteiger charge is 2.29. The zero-order valence-electron chi connectivity index (χ0n) is 11.0. The maximum Gasteiger partial charge on any atom is 0.270 e. The number of sulfonamides is 1. The van der Waals surface area contributed by atoms with Crippen molar-refractivity contribution in [2.75, 3.05) is 12.3 Å². The van der Waals surface area contributed by atoms with E-state index in [-0.39, 0.29) is 28.9 Å². The molecule has 1 rings (SSSR count). The molecule has 0 saturated heterocycles. The fourth-order valence-corrected chi connectivity index (χ4v) is 3.58. The minimum Gasteiger partial charge on any atom is -0.398 e. The number of anilines is 1. The lowest BCUT2D eigenvalue weighted by atomic mass is 10.3. The maximum atomic E-state index is 12.4. The van der Waals surface area contributed by atoms with Gasteiger partial charge < -0.3 is 5.73 Å². The second-order valence-electron chi connectivity index (χ2n) is 4.28. The fourth-order valence-electron chi connectivity index (χ4n) is 1.80. The van der Waals surface area contributed by atoms with Crippen molar-refractivity contribution in [3.63, 3.8) is 0 Å². The van der Waals surface area contributed by atoms with E-state index in [0.717, 1.165) is 6.07 Å². The monoisotopic (exact) mass is 287 g/mol. The summed E-state index contributed by atoms with van der Waals surface area (Å²) in [6.45, 7) is 5.43. The first-order valence-corrected chi connectivity index (χ1v) is 7.21. The summed E-state index contributed by atoms with van der Waals surface area (Å²) in [6.07, 6.45) is 0. The van der Waals surface area contributed by atoms with Crippen LogP contribution in [0.1, 0.15) is 20.8 Å². The summed E-state index contributed by atoms with van der Waals surface area (Å²) < 4.78 is 26.1. The minimum absolute atomic E-state index is 0.00435. The number of nitrogens with two attached hydrogens (primary N) is 1. The molecule has 2 N–H and O–H groups in total. The molecule has 19 heavy (non-hydrogen) atoms. The lowest BCUT2D eigenvalue weighted by molar-refractivity contribution is -0.385. The molecular weight excluding hydrogens is 270 g/mol. The first kappa shape index (κ1) is 15.4. The summed E-state index contributed by atoms with van der Waals surface area (Å²) in [5, 5.41) is 10.7. The van der Waals surface area contributed by atoms with Crippen LogP contribution in [0.5, 0.6) is 0 Å². The van der Waals surface area contributed by atoms with Gasteiger partial charge in [0, 0.05) is 24.7 Å². The van der Waals surface area contributed by atoms with Crippen LogP contribution in [0, 0.1) is 10.1 Å². The number of nitro groups is 1. The average Bonchev–Trinajstić information content (AvgIpc) is 2.28. The number of benzene rings is 1. The van der Waals surface area contributed by atoms with Gasteiger partial charge in [-0.1, -0.05) is 6.92 Å². The van der Waals surface area contributed by atoms with E-state index < -0.39 is 14.9 Å². The molecule has 0 bridgehead atoms. The van der Waals surface area contributed by atoms with E-state index in [2.05, 4.69) is 0 Å². The molecule has 0 aliphatic carbocycles. The highest BCUT2D eigenvalue weighted by molar-refractivity contribution is 7.89. The van der Waals surface area contributed by atoms with Crippen molar-refractivity contribution in [1.29, 1.82) is 0 Å². The minimum atomic E-state index is -3.83. The Hall–Kier alpha value is -1.67. The fraction of sp³-hybridized carbons (Fsp3) is 0.455. The maximum absolute atomic E-state index is 12.4. The standard InChI is InChI=1S/C11H17N3O4S/c1-4-13(8(2)3)19(17,18)11-7-9(14(15)16)5-6-10(11)12/h5-8H,4,12H2,1-3H3. The number of nitro benzene ring substituents is 1. The Kier molecular flexibility index (Phi) is 4.48. The Morgan fingerprint density at radius 3 is 2.42 bits per heavy atom. The van der Waals surface area contributed by atoms with Crippen molar-refractivity contribution in [3.8, 4) is 0 Å². The van der Waals surface area contributed by atoms with Gasteiger partial charge in [-0.2, -0.15) is 4.31 Å². The third kappa shape index (κ3) is 3.02. The van der Waals surface area contributed by atoms with Gasteiger partial charge in [0.05, 0.1) is 10.6 Å². The van der Waals surface area contributed by atoms with Crippen LogP contribution in [0.15, 0.2) is 23.1 Å². The quantitative estimate of drug-likeness (QED) is 0.503. The van der Waals surface area contributed by atoms with Crippen molar-refractivity contribution in [1.82, 2.24) is 4.31 Å². The Morgan fingerprint density at radius 1 is 1.42 bits per heavy atom. The van der Waals surface area contributed by atoms with Crippen molar-refractivity contribution >= 4 is 21.4 Å². The summed E-state index contributed by atoms with van der Waals surface area (Å²) in [7, 11) is -3.83. The second kappa shape index (κ2) is 5.54. The van der Waals surface area contributed by atoms with Crippen LogP contribution in [-0.2, 0) is 10.0 Å². The van der Waals surface area contributed by atoms with Crippen LogP contribution in [-0.4, -0.2) is 30.2 Å². The third-order valence-corrected chi connectivity index (χ3v) is 4.89. The highest BCUT2D eigenvalue weighted by Crippen LogP contribution is 2.27. The van der Waals surface area contributed by atoms with Gasteiger partial charge in [-0.05, 0) is 19.9 Å². The molecule has 0 heterocycles. The van der Waals surface area contributed by atoms with Crippen molar-refractivity contribution in [2.24, 2.45) is 0 Å². The third-order valence-electron chi connectivity index (χ3n) is 2.68. The number of hydrogen-bond acceptors (Lipinski definition) is 5. The molecule has 1 aromatic carbocycles. The average molecular weight is 287 g/mol. The largest absolute Gasteiger partial charge is 0.398 e. The molecular formula is C11H17N3O4S. The smallest absolute Gasteiger partial charge is 0.270 e. The Balaban J connectivity index is 3.43. The van der Waals surface area contributed by atoms with E-state index in [4.69, 9.17) is 5.73 Å². The van der Waals surface area contributed by atoms with E-state index >= 15 is 0 Å².